The molecule has 166 valence electrons. The third-order valence-corrected chi connectivity index (χ3v) is 5.78. The Morgan fingerprint density at radius 1 is 0.906 bits per heavy atom. The summed E-state index contributed by atoms with van der Waals surface area (Å²) in [6, 6.07) is 12.8. The number of hydrogen-bond acceptors (Lipinski definition) is 4. The normalized spacial score (nSPS) is 10.7. The zero-order valence-electron chi connectivity index (χ0n) is 16.7. The van der Waals surface area contributed by atoms with Crippen LogP contribution in [0.3, 0.4) is 0 Å². The topological polar surface area (TPSA) is 75.6 Å². The number of aromatic hydroxyl groups is 1. The van der Waals surface area contributed by atoms with Gasteiger partial charge in [-0.3, -0.25) is 9.59 Å². The predicted molar refractivity (Wildman–Crippen MR) is 128 cm³/mol. The first-order valence-electron chi connectivity index (χ1n) is 9.44. The number of benzene rings is 3. The van der Waals surface area contributed by atoms with Crippen molar-refractivity contribution in [2.24, 2.45) is 0 Å². The summed E-state index contributed by atoms with van der Waals surface area (Å²) in [6.07, 6.45) is 0.470. The van der Waals surface area contributed by atoms with E-state index in [0.717, 1.165) is 5.56 Å². The predicted octanol–water partition coefficient (Wildman–Crippen LogP) is 7.31. The molecule has 0 atom stereocenters. The van der Waals surface area contributed by atoms with Crippen LogP contribution < -0.4 is 10.1 Å². The molecule has 0 aromatic heterocycles. The van der Waals surface area contributed by atoms with Crippen LogP contribution in [-0.4, -0.2) is 16.8 Å². The van der Waals surface area contributed by atoms with Gasteiger partial charge < -0.3 is 15.2 Å². The number of carbonyl (C=O) groups is 2. The van der Waals surface area contributed by atoms with Crippen LogP contribution in [0.1, 0.15) is 24.5 Å². The smallest absolute Gasteiger partial charge is 0.291 e. The van der Waals surface area contributed by atoms with Crippen LogP contribution in [0.5, 0.6) is 17.2 Å². The highest BCUT2D eigenvalue weighted by Gasteiger charge is 2.16. The highest BCUT2D eigenvalue weighted by molar-refractivity contribution is 6.42. The number of ketones is 1. The van der Waals surface area contributed by atoms with Gasteiger partial charge in [-0.05, 0) is 48.0 Å². The molecule has 5 nitrogen and oxygen atoms in total. The van der Waals surface area contributed by atoms with E-state index in [1.54, 1.807) is 31.2 Å². The molecule has 2 N–H and O–H groups in total. The second-order valence-corrected chi connectivity index (χ2v) is 8.45. The fourth-order valence-corrected chi connectivity index (χ4v) is 3.73. The molecular formula is C23H17Cl4NO4. The van der Waals surface area contributed by atoms with Crippen molar-refractivity contribution in [3.63, 3.8) is 0 Å². The summed E-state index contributed by atoms with van der Waals surface area (Å²) in [5.41, 5.74) is 1.71. The molecule has 0 aliphatic carbocycles. The van der Waals surface area contributed by atoms with E-state index in [2.05, 4.69) is 5.32 Å². The largest absolute Gasteiger partial charge is 0.508 e. The number of rotatable bonds is 7. The minimum Gasteiger partial charge on any atom is -0.508 e. The van der Waals surface area contributed by atoms with Gasteiger partial charge in [0.15, 0.2) is 5.75 Å². The average Bonchev–Trinajstić information content (AvgIpc) is 2.75. The number of hydrogen-bond donors (Lipinski definition) is 2. The van der Waals surface area contributed by atoms with E-state index in [1.165, 1.54) is 18.2 Å². The number of ether oxygens (including phenoxy) is 1. The molecule has 0 radical (unpaired) electrons. The maximum atomic E-state index is 11.8. The average molecular weight is 513 g/mol. The van der Waals surface area contributed by atoms with Crippen molar-refractivity contribution in [2.45, 2.75) is 19.8 Å². The number of phenols is 1. The first-order chi connectivity index (χ1) is 15.2. The summed E-state index contributed by atoms with van der Waals surface area (Å²) in [6.45, 7) is 1.59. The molecule has 9 heteroatoms. The van der Waals surface area contributed by atoms with Gasteiger partial charge in [0.2, 0.25) is 5.78 Å². The molecule has 3 rings (SSSR count). The number of Topliss-reactive ketones (excluding diaryl/α,β-unsaturated/α-hetero) is 1. The third kappa shape index (κ3) is 5.87. The molecule has 0 bridgehead atoms. The Morgan fingerprint density at radius 3 is 2.22 bits per heavy atom. The SMILES string of the molecule is CCC(=O)C(=O)Nc1cc(Cl)c(Oc2ccc(O)c(Cc3ccc(Cl)c(Cl)c3)c2)c(Cl)c1. The number of amides is 1. The summed E-state index contributed by atoms with van der Waals surface area (Å²) < 4.78 is 5.84. The lowest BCUT2D eigenvalue weighted by Crippen LogP contribution is -2.21. The van der Waals surface area contributed by atoms with Gasteiger partial charge in [0.1, 0.15) is 11.5 Å². The van der Waals surface area contributed by atoms with Gasteiger partial charge in [0, 0.05) is 24.1 Å². The Hall–Kier alpha value is -2.44. The molecule has 0 fully saturated rings. The maximum absolute atomic E-state index is 11.8. The highest BCUT2D eigenvalue weighted by atomic mass is 35.5. The summed E-state index contributed by atoms with van der Waals surface area (Å²) in [4.78, 5) is 23.3. The van der Waals surface area contributed by atoms with Crippen LogP contribution >= 0.6 is 46.4 Å². The maximum Gasteiger partial charge on any atom is 0.291 e. The molecule has 3 aromatic carbocycles. The summed E-state index contributed by atoms with van der Waals surface area (Å²) in [5.74, 6) is -0.673. The fourth-order valence-electron chi connectivity index (χ4n) is 2.85. The second-order valence-electron chi connectivity index (χ2n) is 6.82. The minimum atomic E-state index is -0.751. The van der Waals surface area contributed by atoms with Gasteiger partial charge in [0.05, 0.1) is 20.1 Å². The van der Waals surface area contributed by atoms with Crippen molar-refractivity contribution in [1.29, 1.82) is 0 Å². The molecule has 0 aliphatic rings. The standard InChI is InChI=1S/C23H17Cl4NO4/c1-2-20(29)23(31)28-14-10-18(26)22(19(27)11-14)32-15-4-6-21(30)13(9-15)7-12-3-5-16(24)17(25)8-12/h3-6,8-11,30H,2,7H2,1H3,(H,28,31). The molecule has 0 heterocycles. The zero-order chi connectivity index (χ0) is 23.4. The molecule has 3 aromatic rings. The number of carbonyl (C=O) groups excluding carboxylic acids is 2. The van der Waals surface area contributed by atoms with Crippen LogP contribution in [0.2, 0.25) is 20.1 Å². The van der Waals surface area contributed by atoms with E-state index in [4.69, 9.17) is 51.1 Å². The Morgan fingerprint density at radius 2 is 1.59 bits per heavy atom. The summed E-state index contributed by atoms with van der Waals surface area (Å²) in [7, 11) is 0. The van der Waals surface area contributed by atoms with Gasteiger partial charge in [-0.1, -0.05) is 59.4 Å². The monoisotopic (exact) mass is 511 g/mol. The Labute approximate surface area is 204 Å². The van der Waals surface area contributed by atoms with Crippen molar-refractivity contribution in [3.05, 3.63) is 79.7 Å². The summed E-state index contributed by atoms with van der Waals surface area (Å²) in [5, 5.41) is 13.8. The van der Waals surface area contributed by atoms with Crippen LogP contribution in [-0.2, 0) is 16.0 Å². The molecule has 0 unspecified atom stereocenters. The quantitative estimate of drug-likeness (QED) is 0.325. The molecule has 0 spiro atoms. The van der Waals surface area contributed by atoms with Crippen molar-refractivity contribution in [1.82, 2.24) is 0 Å². The lowest BCUT2D eigenvalue weighted by molar-refractivity contribution is -0.134. The van der Waals surface area contributed by atoms with Gasteiger partial charge in [-0.2, -0.15) is 0 Å². The van der Waals surface area contributed by atoms with E-state index in [9.17, 15) is 14.7 Å². The second kappa shape index (κ2) is 10.5. The molecule has 0 aliphatic heterocycles. The third-order valence-electron chi connectivity index (χ3n) is 4.48. The number of anilines is 1. The van der Waals surface area contributed by atoms with Crippen molar-refractivity contribution in [3.8, 4) is 17.2 Å². The molecule has 0 saturated heterocycles. The van der Waals surface area contributed by atoms with Crippen LogP contribution in [0, 0.1) is 0 Å². The van der Waals surface area contributed by atoms with E-state index < -0.39 is 11.7 Å². The Balaban J connectivity index is 1.82. The van der Waals surface area contributed by atoms with E-state index in [-0.39, 0.29) is 33.7 Å². The fraction of sp³-hybridized carbons (Fsp3) is 0.130. The summed E-state index contributed by atoms with van der Waals surface area (Å²) >= 11 is 24.6. The van der Waals surface area contributed by atoms with Gasteiger partial charge in [0.25, 0.3) is 5.91 Å². The number of phenolic OH excluding ortho intramolecular Hbond substituents is 1. The molecule has 0 saturated carbocycles. The number of nitrogens with one attached hydrogen (secondary N) is 1. The van der Waals surface area contributed by atoms with Crippen molar-refractivity contribution in [2.75, 3.05) is 5.32 Å². The van der Waals surface area contributed by atoms with Crippen LogP contribution in [0.15, 0.2) is 48.5 Å². The van der Waals surface area contributed by atoms with Crippen molar-refractivity contribution >= 4 is 63.8 Å². The van der Waals surface area contributed by atoms with E-state index in [1.807, 2.05) is 6.07 Å². The van der Waals surface area contributed by atoms with Gasteiger partial charge in [-0.25, -0.2) is 0 Å². The first kappa shape index (κ1) is 24.2. The van der Waals surface area contributed by atoms with E-state index in [0.29, 0.717) is 27.8 Å². The van der Waals surface area contributed by atoms with Crippen LogP contribution in [0.4, 0.5) is 5.69 Å². The Bertz CT molecular complexity index is 1170. The molecule has 32 heavy (non-hydrogen) atoms. The van der Waals surface area contributed by atoms with Gasteiger partial charge in [-0.15, -0.1) is 0 Å². The van der Waals surface area contributed by atoms with Gasteiger partial charge >= 0.3 is 0 Å². The van der Waals surface area contributed by atoms with Crippen molar-refractivity contribution < 1.29 is 19.4 Å². The molecule has 1 amide bonds. The Kier molecular flexibility index (Phi) is 7.91. The van der Waals surface area contributed by atoms with E-state index >= 15 is 0 Å². The molecular weight excluding hydrogens is 496 g/mol. The first-order valence-corrected chi connectivity index (χ1v) is 11.0. The minimum absolute atomic E-state index is 0.0827. The lowest BCUT2D eigenvalue weighted by Gasteiger charge is -2.14. The van der Waals surface area contributed by atoms with Crippen LogP contribution in [0.25, 0.3) is 0 Å². The highest BCUT2D eigenvalue weighted by Crippen LogP contribution is 2.40. The lowest BCUT2D eigenvalue weighted by atomic mass is 10.0. The zero-order valence-corrected chi connectivity index (χ0v) is 19.7. The number of halogens is 4.